The van der Waals surface area contributed by atoms with Gasteiger partial charge in [0.15, 0.2) is 10.6 Å². The number of amides is 1. The van der Waals surface area contributed by atoms with Crippen LogP contribution >= 0.6 is 11.3 Å². The number of fused-ring (bicyclic) bond motifs is 2. The first kappa shape index (κ1) is 20.5. The van der Waals surface area contributed by atoms with E-state index in [-0.39, 0.29) is 17.1 Å². The fourth-order valence-corrected chi connectivity index (χ4v) is 4.79. The van der Waals surface area contributed by atoms with E-state index < -0.39 is 6.04 Å². The summed E-state index contributed by atoms with van der Waals surface area (Å²) in [7, 11) is 0. The largest absolute Gasteiger partial charge is 0.494 e. The zero-order chi connectivity index (χ0) is 22.4. The Bertz CT molecular complexity index is 1360. The Hall–Kier alpha value is -3.45. The third-order valence-electron chi connectivity index (χ3n) is 5.70. The number of hydrogen-bond acceptors (Lipinski definition) is 6. The summed E-state index contributed by atoms with van der Waals surface area (Å²) in [4.78, 5) is 33.0. The molecule has 4 aromatic rings. The van der Waals surface area contributed by atoms with Crippen molar-refractivity contribution in [2.75, 3.05) is 11.5 Å². The molecule has 1 unspecified atom stereocenters. The Balaban J connectivity index is 1.74. The number of carbonyl (C=O) groups excluding carboxylic acids is 1. The minimum atomic E-state index is -0.600. The van der Waals surface area contributed by atoms with Crippen molar-refractivity contribution in [2.24, 2.45) is 0 Å². The van der Waals surface area contributed by atoms with Gasteiger partial charge in [-0.15, -0.1) is 11.3 Å². The predicted octanol–water partition coefficient (Wildman–Crippen LogP) is 5.52. The number of thiazole rings is 1. The molecule has 0 aliphatic carbocycles. The number of ether oxygens (including phenoxy) is 1. The Morgan fingerprint density at radius 1 is 1.16 bits per heavy atom. The standard InChI is InChI=1S/C25H22N2O4S/c1-4-30-17-9-10-18-19(13-17)31-23-20(22(18)28)21(16-7-5-15(6-8-16)14(2)3)27(24(23)29)25-26-11-12-32-25/h5-14,21H,4H2,1-3H3. The summed E-state index contributed by atoms with van der Waals surface area (Å²) in [5.74, 6) is 0.661. The van der Waals surface area contributed by atoms with Crippen LogP contribution in [0, 0.1) is 0 Å². The van der Waals surface area contributed by atoms with Crippen molar-refractivity contribution in [3.05, 3.63) is 86.7 Å². The number of nitrogens with zero attached hydrogens (tertiary/aromatic N) is 2. The third kappa shape index (κ3) is 3.20. The van der Waals surface area contributed by atoms with Gasteiger partial charge in [0, 0.05) is 17.6 Å². The lowest BCUT2D eigenvalue weighted by Gasteiger charge is -2.23. The molecule has 0 saturated carbocycles. The van der Waals surface area contributed by atoms with E-state index in [1.807, 2.05) is 36.6 Å². The van der Waals surface area contributed by atoms with Crippen LogP contribution in [0.4, 0.5) is 5.13 Å². The lowest BCUT2D eigenvalue weighted by molar-refractivity contribution is 0.0971. The highest BCUT2D eigenvalue weighted by Crippen LogP contribution is 2.42. The minimum Gasteiger partial charge on any atom is -0.494 e. The smallest absolute Gasteiger partial charge is 0.297 e. The molecule has 0 N–H and O–H groups in total. The third-order valence-corrected chi connectivity index (χ3v) is 6.47. The zero-order valence-corrected chi connectivity index (χ0v) is 18.8. The molecule has 162 valence electrons. The number of aromatic nitrogens is 1. The second-order valence-corrected chi connectivity index (χ2v) is 8.85. The van der Waals surface area contributed by atoms with E-state index in [1.54, 1.807) is 29.3 Å². The maximum atomic E-state index is 13.6. The molecule has 2 aromatic heterocycles. The van der Waals surface area contributed by atoms with Crippen LogP contribution in [-0.2, 0) is 0 Å². The van der Waals surface area contributed by atoms with Crippen LogP contribution in [0.1, 0.15) is 60.0 Å². The van der Waals surface area contributed by atoms with Crippen molar-refractivity contribution < 1.29 is 13.9 Å². The summed E-state index contributed by atoms with van der Waals surface area (Å²) in [5, 5.41) is 2.76. The van der Waals surface area contributed by atoms with Crippen LogP contribution in [0.15, 0.2) is 63.3 Å². The first-order valence-electron chi connectivity index (χ1n) is 10.6. The van der Waals surface area contributed by atoms with Crippen molar-refractivity contribution >= 4 is 33.3 Å². The lowest BCUT2D eigenvalue weighted by atomic mass is 9.95. The first-order chi connectivity index (χ1) is 15.5. The van der Waals surface area contributed by atoms with Crippen molar-refractivity contribution in [1.82, 2.24) is 4.98 Å². The van der Waals surface area contributed by atoms with Crippen LogP contribution in [0.2, 0.25) is 0 Å². The summed E-state index contributed by atoms with van der Waals surface area (Å²) in [6, 6.07) is 12.5. The highest BCUT2D eigenvalue weighted by atomic mass is 32.1. The van der Waals surface area contributed by atoms with E-state index in [2.05, 4.69) is 18.8 Å². The van der Waals surface area contributed by atoms with E-state index in [0.29, 0.717) is 39.9 Å². The molecule has 0 radical (unpaired) electrons. The highest BCUT2D eigenvalue weighted by molar-refractivity contribution is 7.13. The van der Waals surface area contributed by atoms with Crippen LogP contribution in [0.5, 0.6) is 5.75 Å². The van der Waals surface area contributed by atoms with Gasteiger partial charge in [0.1, 0.15) is 11.3 Å². The van der Waals surface area contributed by atoms with Crippen LogP contribution in [0.25, 0.3) is 11.0 Å². The normalized spacial score (nSPS) is 15.6. The molecular formula is C25H22N2O4S. The van der Waals surface area contributed by atoms with Gasteiger partial charge in [-0.1, -0.05) is 38.1 Å². The summed E-state index contributed by atoms with van der Waals surface area (Å²) < 4.78 is 11.6. The number of benzene rings is 2. The Kier molecular flexibility index (Phi) is 5.06. The van der Waals surface area contributed by atoms with Gasteiger partial charge < -0.3 is 9.15 Å². The number of anilines is 1. The molecule has 0 saturated heterocycles. The van der Waals surface area contributed by atoms with E-state index in [0.717, 1.165) is 5.56 Å². The summed E-state index contributed by atoms with van der Waals surface area (Å²) in [6.45, 7) is 6.63. The lowest BCUT2D eigenvalue weighted by Crippen LogP contribution is -2.29. The SMILES string of the molecule is CCOc1ccc2c(=O)c3c(oc2c1)C(=O)N(c1nccs1)C3c1ccc(C(C)C)cc1. The van der Waals surface area contributed by atoms with E-state index in [1.165, 1.54) is 16.9 Å². The van der Waals surface area contributed by atoms with Gasteiger partial charge in [0.25, 0.3) is 5.91 Å². The maximum Gasteiger partial charge on any atom is 0.297 e. The monoisotopic (exact) mass is 446 g/mol. The van der Waals surface area contributed by atoms with E-state index in [4.69, 9.17) is 9.15 Å². The van der Waals surface area contributed by atoms with Gasteiger partial charge in [-0.2, -0.15) is 0 Å². The summed E-state index contributed by atoms with van der Waals surface area (Å²) in [5.41, 5.74) is 2.50. The van der Waals surface area contributed by atoms with Gasteiger partial charge in [0.05, 0.1) is 23.6 Å². The van der Waals surface area contributed by atoms with Crippen LogP contribution < -0.4 is 15.1 Å². The Morgan fingerprint density at radius 2 is 1.94 bits per heavy atom. The molecule has 3 heterocycles. The molecule has 0 spiro atoms. The van der Waals surface area contributed by atoms with Crippen molar-refractivity contribution in [2.45, 2.75) is 32.7 Å². The van der Waals surface area contributed by atoms with Gasteiger partial charge in [-0.05, 0) is 36.1 Å². The molecule has 6 nitrogen and oxygen atoms in total. The molecular weight excluding hydrogens is 424 g/mol. The second kappa shape index (κ2) is 7.91. The minimum absolute atomic E-state index is 0.0595. The predicted molar refractivity (Wildman–Crippen MR) is 125 cm³/mol. The molecule has 1 amide bonds. The molecule has 5 rings (SSSR count). The molecule has 1 atom stereocenters. The van der Waals surface area contributed by atoms with Gasteiger partial charge in [-0.25, -0.2) is 4.98 Å². The van der Waals surface area contributed by atoms with Crippen molar-refractivity contribution in [3.8, 4) is 5.75 Å². The maximum absolute atomic E-state index is 13.6. The Labute approximate surface area is 189 Å². The molecule has 32 heavy (non-hydrogen) atoms. The topological polar surface area (TPSA) is 72.6 Å². The highest BCUT2D eigenvalue weighted by Gasteiger charge is 2.44. The molecule has 7 heteroatoms. The van der Waals surface area contributed by atoms with Crippen molar-refractivity contribution in [3.63, 3.8) is 0 Å². The van der Waals surface area contributed by atoms with Crippen LogP contribution in [0.3, 0.4) is 0 Å². The molecule has 2 aromatic carbocycles. The average Bonchev–Trinajstić information content (AvgIpc) is 3.41. The second-order valence-electron chi connectivity index (χ2n) is 7.98. The number of rotatable bonds is 5. The first-order valence-corrected chi connectivity index (χ1v) is 11.4. The van der Waals surface area contributed by atoms with Crippen LogP contribution in [-0.4, -0.2) is 17.5 Å². The molecule has 0 fully saturated rings. The van der Waals surface area contributed by atoms with E-state index in [9.17, 15) is 9.59 Å². The average molecular weight is 447 g/mol. The van der Waals surface area contributed by atoms with E-state index >= 15 is 0 Å². The number of hydrogen-bond donors (Lipinski definition) is 0. The fourth-order valence-electron chi connectivity index (χ4n) is 4.12. The van der Waals surface area contributed by atoms with Gasteiger partial charge in [0.2, 0.25) is 5.76 Å². The molecule has 1 aliphatic heterocycles. The van der Waals surface area contributed by atoms with Gasteiger partial charge >= 0.3 is 0 Å². The summed E-state index contributed by atoms with van der Waals surface area (Å²) in [6.07, 6.45) is 1.65. The zero-order valence-electron chi connectivity index (χ0n) is 18.0. The molecule has 0 bridgehead atoms. The molecule has 1 aliphatic rings. The van der Waals surface area contributed by atoms with Gasteiger partial charge in [-0.3, -0.25) is 14.5 Å². The number of carbonyl (C=O) groups is 1. The Morgan fingerprint density at radius 3 is 2.59 bits per heavy atom. The quantitative estimate of drug-likeness (QED) is 0.404. The summed E-state index contributed by atoms with van der Waals surface area (Å²) >= 11 is 1.35. The fraction of sp³-hybridized carbons (Fsp3) is 0.240. The van der Waals surface area contributed by atoms with Crippen molar-refractivity contribution in [1.29, 1.82) is 0 Å².